The smallest absolute Gasteiger partial charge is 0.252 e. The highest BCUT2D eigenvalue weighted by molar-refractivity contribution is 9.10. The molecular weight excluding hydrogens is 330 g/mol. The maximum Gasteiger partial charge on any atom is 0.252 e. The van der Waals surface area contributed by atoms with E-state index < -0.39 is 0 Å². The molecular formula is C13H12BrNOS2. The number of hydrogen-bond acceptors (Lipinski definition) is 3. The molecule has 0 aliphatic carbocycles. The summed E-state index contributed by atoms with van der Waals surface area (Å²) < 4.78 is 0.773. The van der Waals surface area contributed by atoms with Crippen molar-refractivity contribution in [1.82, 2.24) is 5.32 Å². The minimum Gasteiger partial charge on any atom is -0.345 e. The molecule has 18 heavy (non-hydrogen) atoms. The van der Waals surface area contributed by atoms with E-state index >= 15 is 0 Å². The fourth-order valence-electron chi connectivity index (χ4n) is 1.57. The first-order chi connectivity index (χ1) is 8.58. The van der Waals surface area contributed by atoms with Crippen LogP contribution in [0.15, 0.2) is 44.4 Å². The van der Waals surface area contributed by atoms with Gasteiger partial charge in [0.1, 0.15) is 0 Å². The fraction of sp³-hybridized carbons (Fsp3) is 0.154. The molecule has 2 nitrogen and oxygen atoms in total. The molecule has 5 heteroatoms. The third kappa shape index (κ3) is 3.16. The highest BCUT2D eigenvalue weighted by Gasteiger charge is 2.14. The van der Waals surface area contributed by atoms with Gasteiger partial charge < -0.3 is 5.32 Å². The molecule has 1 heterocycles. The van der Waals surface area contributed by atoms with Crippen LogP contribution in [0.2, 0.25) is 0 Å². The van der Waals surface area contributed by atoms with Gasteiger partial charge in [0.15, 0.2) is 0 Å². The number of benzene rings is 1. The van der Waals surface area contributed by atoms with E-state index in [1.54, 1.807) is 17.4 Å². The molecule has 2 aromatic rings. The normalized spacial score (nSPS) is 12.2. The van der Waals surface area contributed by atoms with Gasteiger partial charge in [-0.2, -0.15) is 11.3 Å². The van der Waals surface area contributed by atoms with Crippen LogP contribution in [0.3, 0.4) is 0 Å². The Bertz CT molecular complexity index is 554. The second-order valence-electron chi connectivity index (χ2n) is 3.92. The van der Waals surface area contributed by atoms with Gasteiger partial charge in [-0.15, -0.1) is 12.6 Å². The van der Waals surface area contributed by atoms with Crippen LogP contribution in [0.25, 0.3) is 0 Å². The van der Waals surface area contributed by atoms with Crippen LogP contribution in [0, 0.1) is 0 Å². The van der Waals surface area contributed by atoms with Crippen molar-refractivity contribution in [3.05, 3.63) is 50.6 Å². The Balaban J connectivity index is 2.15. The standard InChI is InChI=1S/C13H12BrNOS2/c1-8(9-4-5-18-7-9)15-13(16)11-6-10(17)2-3-12(11)14/h2-8,17H,1H3,(H,15,16). The monoisotopic (exact) mass is 341 g/mol. The van der Waals surface area contributed by atoms with Crippen LogP contribution in [-0.4, -0.2) is 5.91 Å². The summed E-state index contributed by atoms with van der Waals surface area (Å²) in [4.78, 5) is 12.9. The first-order valence-corrected chi connectivity index (χ1v) is 7.57. The number of rotatable bonds is 3. The Labute approximate surface area is 124 Å². The Hall–Kier alpha value is -0.780. The van der Waals surface area contributed by atoms with Crippen molar-refractivity contribution in [3.8, 4) is 0 Å². The lowest BCUT2D eigenvalue weighted by Gasteiger charge is -2.13. The lowest BCUT2D eigenvalue weighted by molar-refractivity contribution is 0.0939. The Morgan fingerprint density at radius 2 is 2.22 bits per heavy atom. The van der Waals surface area contributed by atoms with Crippen LogP contribution in [0.1, 0.15) is 28.9 Å². The SMILES string of the molecule is CC(NC(=O)c1cc(S)ccc1Br)c1ccsc1. The molecule has 0 radical (unpaired) electrons. The van der Waals surface area contributed by atoms with E-state index in [4.69, 9.17) is 0 Å². The van der Waals surface area contributed by atoms with Crippen molar-refractivity contribution in [2.75, 3.05) is 0 Å². The number of nitrogens with one attached hydrogen (secondary N) is 1. The van der Waals surface area contributed by atoms with E-state index in [1.807, 2.05) is 35.9 Å². The van der Waals surface area contributed by atoms with Crippen molar-refractivity contribution < 1.29 is 4.79 Å². The highest BCUT2D eigenvalue weighted by atomic mass is 79.9. The summed E-state index contributed by atoms with van der Waals surface area (Å²) in [5, 5.41) is 7.01. The highest BCUT2D eigenvalue weighted by Crippen LogP contribution is 2.22. The largest absolute Gasteiger partial charge is 0.345 e. The van der Waals surface area contributed by atoms with Gasteiger partial charge in [0.25, 0.3) is 5.91 Å². The third-order valence-corrected chi connectivity index (χ3v) is 4.26. The fourth-order valence-corrected chi connectivity index (χ4v) is 2.95. The van der Waals surface area contributed by atoms with Gasteiger partial charge in [-0.05, 0) is 63.4 Å². The summed E-state index contributed by atoms with van der Waals surface area (Å²) in [6, 6.07) is 7.43. The minimum absolute atomic E-state index is 0.000719. The number of thiol groups is 1. The molecule has 2 rings (SSSR count). The summed E-state index contributed by atoms with van der Waals surface area (Å²) in [6.45, 7) is 1.97. The maximum atomic E-state index is 12.2. The third-order valence-electron chi connectivity index (χ3n) is 2.59. The topological polar surface area (TPSA) is 29.1 Å². The summed E-state index contributed by atoms with van der Waals surface area (Å²) in [6.07, 6.45) is 0. The van der Waals surface area contributed by atoms with Crippen molar-refractivity contribution in [2.24, 2.45) is 0 Å². The molecule has 0 saturated heterocycles. The molecule has 0 saturated carbocycles. The molecule has 1 amide bonds. The lowest BCUT2D eigenvalue weighted by Crippen LogP contribution is -2.26. The van der Waals surface area contributed by atoms with Gasteiger partial charge in [0.05, 0.1) is 11.6 Å². The zero-order valence-corrected chi connectivity index (χ0v) is 13.0. The van der Waals surface area contributed by atoms with E-state index in [2.05, 4.69) is 33.9 Å². The summed E-state index contributed by atoms with van der Waals surface area (Å²) in [5.41, 5.74) is 1.72. The Morgan fingerprint density at radius 3 is 2.89 bits per heavy atom. The molecule has 1 aromatic heterocycles. The molecule has 1 unspecified atom stereocenters. The lowest BCUT2D eigenvalue weighted by atomic mass is 10.1. The van der Waals surface area contributed by atoms with E-state index in [1.165, 1.54) is 0 Å². The van der Waals surface area contributed by atoms with Crippen LogP contribution >= 0.6 is 39.9 Å². The van der Waals surface area contributed by atoms with Gasteiger partial charge in [-0.25, -0.2) is 0 Å². The van der Waals surface area contributed by atoms with Crippen molar-refractivity contribution >= 4 is 45.8 Å². The number of thiophene rings is 1. The zero-order chi connectivity index (χ0) is 13.1. The number of amides is 1. The molecule has 0 fully saturated rings. The second-order valence-corrected chi connectivity index (χ2v) is 6.07. The van der Waals surface area contributed by atoms with Gasteiger partial charge in [0, 0.05) is 9.37 Å². The van der Waals surface area contributed by atoms with E-state index in [0.29, 0.717) is 5.56 Å². The average Bonchev–Trinajstić information content (AvgIpc) is 2.85. The predicted octanol–water partition coefficient (Wildman–Crippen LogP) is 4.29. The Kier molecular flexibility index (Phi) is 4.48. The molecule has 0 aliphatic rings. The van der Waals surface area contributed by atoms with Gasteiger partial charge in [-0.1, -0.05) is 0 Å². The van der Waals surface area contributed by atoms with E-state index in [-0.39, 0.29) is 11.9 Å². The van der Waals surface area contributed by atoms with Crippen LogP contribution < -0.4 is 5.32 Å². The van der Waals surface area contributed by atoms with Crippen molar-refractivity contribution in [3.63, 3.8) is 0 Å². The molecule has 0 aliphatic heterocycles. The quantitative estimate of drug-likeness (QED) is 0.801. The molecule has 1 aromatic carbocycles. The van der Waals surface area contributed by atoms with Crippen LogP contribution in [0.5, 0.6) is 0 Å². The summed E-state index contributed by atoms with van der Waals surface area (Å²) in [5.74, 6) is -0.100. The van der Waals surface area contributed by atoms with Gasteiger partial charge in [0.2, 0.25) is 0 Å². The number of carbonyl (C=O) groups excluding carboxylic acids is 1. The minimum atomic E-state index is -0.100. The molecule has 1 N–H and O–H groups in total. The first-order valence-electron chi connectivity index (χ1n) is 5.39. The van der Waals surface area contributed by atoms with Gasteiger partial charge in [-0.3, -0.25) is 4.79 Å². The predicted molar refractivity (Wildman–Crippen MR) is 81.6 cm³/mol. The zero-order valence-electron chi connectivity index (χ0n) is 9.68. The maximum absolute atomic E-state index is 12.2. The van der Waals surface area contributed by atoms with Crippen molar-refractivity contribution in [2.45, 2.75) is 17.9 Å². The first kappa shape index (κ1) is 13.6. The average molecular weight is 342 g/mol. The van der Waals surface area contributed by atoms with Crippen molar-refractivity contribution in [1.29, 1.82) is 0 Å². The second kappa shape index (κ2) is 5.91. The number of hydrogen-bond donors (Lipinski definition) is 2. The van der Waals surface area contributed by atoms with Gasteiger partial charge >= 0.3 is 0 Å². The molecule has 94 valence electrons. The van der Waals surface area contributed by atoms with Crippen LogP contribution in [-0.2, 0) is 0 Å². The summed E-state index contributed by atoms with van der Waals surface area (Å²) in [7, 11) is 0. The molecule has 0 bridgehead atoms. The van der Waals surface area contributed by atoms with E-state index in [0.717, 1.165) is 14.9 Å². The van der Waals surface area contributed by atoms with E-state index in [9.17, 15) is 4.79 Å². The molecule has 1 atom stereocenters. The van der Waals surface area contributed by atoms with Crippen LogP contribution in [0.4, 0.5) is 0 Å². The number of carbonyl (C=O) groups is 1. The summed E-state index contributed by atoms with van der Waals surface area (Å²) >= 11 is 9.25. The Morgan fingerprint density at radius 1 is 1.44 bits per heavy atom. The molecule has 0 spiro atoms. The number of halogens is 1.